The van der Waals surface area contributed by atoms with Crippen LogP contribution < -0.4 is 19.7 Å². The highest BCUT2D eigenvalue weighted by atomic mass is 16.5. The van der Waals surface area contributed by atoms with Crippen LogP contribution in [-0.2, 0) is 0 Å². The second-order valence-electron chi connectivity index (χ2n) is 8.87. The molecule has 2 bridgehead atoms. The third kappa shape index (κ3) is 4.33. The highest BCUT2D eigenvalue weighted by Gasteiger charge is 2.33. The number of aromatic hydroxyl groups is 1. The van der Waals surface area contributed by atoms with E-state index in [1.54, 1.807) is 24.5 Å². The van der Waals surface area contributed by atoms with Gasteiger partial charge in [-0.25, -0.2) is 15.0 Å². The van der Waals surface area contributed by atoms with Crippen LogP contribution in [0.2, 0.25) is 0 Å². The van der Waals surface area contributed by atoms with Gasteiger partial charge in [-0.3, -0.25) is 0 Å². The number of anilines is 1. The summed E-state index contributed by atoms with van der Waals surface area (Å²) in [6, 6.07) is 6.77. The van der Waals surface area contributed by atoms with Gasteiger partial charge in [0.05, 0.1) is 37.9 Å². The van der Waals surface area contributed by atoms with Gasteiger partial charge in [0.2, 0.25) is 0 Å². The van der Waals surface area contributed by atoms with Gasteiger partial charge in [0.15, 0.2) is 11.6 Å². The number of nitrogens with zero attached hydrogens (tertiary/aromatic N) is 6. The van der Waals surface area contributed by atoms with Crippen molar-refractivity contribution in [3.8, 4) is 40.2 Å². The number of hydrogen-bond donors (Lipinski definition) is 2. The Bertz CT molecular complexity index is 1150. The van der Waals surface area contributed by atoms with Crippen molar-refractivity contribution in [1.29, 1.82) is 0 Å². The van der Waals surface area contributed by atoms with Crippen molar-refractivity contribution in [2.24, 2.45) is 0 Å². The summed E-state index contributed by atoms with van der Waals surface area (Å²) >= 11 is 0. The van der Waals surface area contributed by atoms with Crippen LogP contribution in [0.1, 0.15) is 32.1 Å². The van der Waals surface area contributed by atoms with Crippen molar-refractivity contribution in [2.45, 2.75) is 50.2 Å². The number of phenols is 1. The van der Waals surface area contributed by atoms with Crippen LogP contribution >= 0.6 is 0 Å². The van der Waals surface area contributed by atoms with E-state index >= 15 is 0 Å². The predicted octanol–water partition coefficient (Wildman–Crippen LogP) is 2.83. The Morgan fingerprint density at radius 1 is 1.00 bits per heavy atom. The molecule has 2 aliphatic rings. The Labute approximate surface area is 198 Å². The molecule has 2 saturated heterocycles. The molecule has 5 rings (SSSR count). The second-order valence-corrected chi connectivity index (χ2v) is 8.87. The van der Waals surface area contributed by atoms with Crippen LogP contribution in [0.15, 0.2) is 30.6 Å². The first kappa shape index (κ1) is 22.3. The number of piperidine rings is 2. The largest absolute Gasteiger partial charge is 0.507 e. The average molecular weight is 464 g/mol. The molecule has 0 saturated carbocycles. The lowest BCUT2D eigenvalue weighted by Crippen LogP contribution is -2.54. The SMILES string of the molecule is COc1ncc(-c2ccc(-c3ncc(N(C)C4C[C@H]5CCC[C@@H](C4)N5)nn3)c(O)c2)nc1OC. The fourth-order valence-corrected chi connectivity index (χ4v) is 4.95. The first-order valence-corrected chi connectivity index (χ1v) is 11.5. The molecule has 2 fully saturated rings. The summed E-state index contributed by atoms with van der Waals surface area (Å²) in [5.41, 5.74) is 1.72. The molecule has 0 radical (unpaired) electrons. The Hall–Kier alpha value is -3.53. The minimum atomic E-state index is 0.0307. The van der Waals surface area contributed by atoms with Crippen LogP contribution in [0.3, 0.4) is 0 Å². The molecule has 2 N–H and O–H groups in total. The Kier molecular flexibility index (Phi) is 6.14. The lowest BCUT2D eigenvalue weighted by molar-refractivity contribution is 0.219. The van der Waals surface area contributed by atoms with E-state index in [-0.39, 0.29) is 11.6 Å². The molecule has 2 aliphatic heterocycles. The van der Waals surface area contributed by atoms with Crippen molar-refractivity contribution >= 4 is 5.82 Å². The van der Waals surface area contributed by atoms with Gasteiger partial charge in [0.1, 0.15) is 5.75 Å². The molecule has 34 heavy (non-hydrogen) atoms. The van der Waals surface area contributed by atoms with Gasteiger partial charge < -0.3 is 24.8 Å². The Balaban J connectivity index is 1.33. The van der Waals surface area contributed by atoms with E-state index in [0.29, 0.717) is 46.7 Å². The number of hydrogen-bond acceptors (Lipinski definition) is 10. The summed E-state index contributed by atoms with van der Waals surface area (Å²) in [4.78, 5) is 15.3. The quantitative estimate of drug-likeness (QED) is 0.565. The molecule has 3 atom stereocenters. The number of aromatic nitrogens is 5. The smallest absolute Gasteiger partial charge is 0.278 e. The molecule has 0 amide bonds. The number of nitrogens with one attached hydrogen (secondary N) is 1. The van der Waals surface area contributed by atoms with E-state index in [9.17, 15) is 5.11 Å². The van der Waals surface area contributed by atoms with E-state index in [0.717, 1.165) is 18.7 Å². The summed E-state index contributed by atoms with van der Waals surface area (Å²) in [6.45, 7) is 0. The fraction of sp³-hybridized carbons (Fsp3) is 0.458. The standard InChI is InChI=1S/C24H29N7O3/c1-31(17-10-15-5-4-6-16(11-17)27-15)21-13-25-22(30-29-21)18-8-7-14(9-20(18)32)19-12-26-23(33-2)24(28-19)34-3/h7-9,12-13,15-17,27,32H,4-6,10-11H2,1-3H3/t15-,16+,17?. The van der Waals surface area contributed by atoms with E-state index < -0.39 is 0 Å². The average Bonchev–Trinajstić information content (AvgIpc) is 2.87. The Morgan fingerprint density at radius 3 is 2.41 bits per heavy atom. The maximum Gasteiger partial charge on any atom is 0.278 e. The number of rotatable bonds is 6. The normalized spacial score (nSPS) is 21.7. The van der Waals surface area contributed by atoms with Gasteiger partial charge in [-0.1, -0.05) is 12.5 Å². The minimum absolute atomic E-state index is 0.0307. The second kappa shape index (κ2) is 9.38. The van der Waals surface area contributed by atoms with Crippen LogP contribution in [0.4, 0.5) is 5.82 Å². The summed E-state index contributed by atoms with van der Waals surface area (Å²) < 4.78 is 10.4. The molecular formula is C24H29N7O3. The lowest BCUT2D eigenvalue weighted by atomic mass is 9.83. The summed E-state index contributed by atoms with van der Waals surface area (Å²) in [7, 11) is 5.06. The minimum Gasteiger partial charge on any atom is -0.507 e. The van der Waals surface area contributed by atoms with Gasteiger partial charge >= 0.3 is 0 Å². The summed E-state index contributed by atoms with van der Waals surface area (Å²) in [6.07, 6.45) is 9.31. The van der Waals surface area contributed by atoms with Gasteiger partial charge in [-0.2, -0.15) is 0 Å². The summed E-state index contributed by atoms with van der Waals surface area (Å²) in [5.74, 6) is 1.70. The van der Waals surface area contributed by atoms with Crippen molar-refractivity contribution in [3.63, 3.8) is 0 Å². The van der Waals surface area contributed by atoms with Crippen LogP contribution in [0, 0.1) is 0 Å². The van der Waals surface area contributed by atoms with Gasteiger partial charge in [0.25, 0.3) is 11.8 Å². The number of fused-ring (bicyclic) bond motifs is 2. The molecular weight excluding hydrogens is 434 g/mol. The molecule has 10 heteroatoms. The first-order valence-electron chi connectivity index (χ1n) is 11.5. The monoisotopic (exact) mass is 463 g/mol. The molecule has 0 aliphatic carbocycles. The predicted molar refractivity (Wildman–Crippen MR) is 127 cm³/mol. The van der Waals surface area contributed by atoms with Gasteiger partial charge in [-0.15, -0.1) is 10.2 Å². The number of methoxy groups -OCH3 is 2. The van der Waals surface area contributed by atoms with E-state index in [1.165, 1.54) is 33.5 Å². The topological polar surface area (TPSA) is 118 Å². The highest BCUT2D eigenvalue weighted by molar-refractivity contribution is 5.71. The van der Waals surface area contributed by atoms with Crippen molar-refractivity contribution < 1.29 is 14.6 Å². The summed E-state index contributed by atoms with van der Waals surface area (Å²) in [5, 5.41) is 23.1. The number of ether oxygens (including phenoxy) is 2. The van der Waals surface area contributed by atoms with E-state index in [1.807, 2.05) is 6.07 Å². The highest BCUT2D eigenvalue weighted by Crippen LogP contribution is 2.33. The third-order valence-corrected chi connectivity index (χ3v) is 6.78. The molecule has 3 aromatic rings. The molecule has 1 unspecified atom stereocenters. The van der Waals surface area contributed by atoms with Crippen molar-refractivity contribution in [3.05, 3.63) is 30.6 Å². The van der Waals surface area contributed by atoms with Crippen molar-refractivity contribution in [2.75, 3.05) is 26.2 Å². The number of phenolic OH excluding ortho intramolecular Hbond substituents is 1. The zero-order chi connectivity index (χ0) is 23.7. The fourth-order valence-electron chi connectivity index (χ4n) is 4.95. The zero-order valence-corrected chi connectivity index (χ0v) is 19.6. The van der Waals surface area contributed by atoms with Gasteiger partial charge in [0, 0.05) is 30.7 Å². The Morgan fingerprint density at radius 2 is 1.76 bits per heavy atom. The molecule has 1 aromatic carbocycles. The van der Waals surface area contributed by atoms with Crippen LogP contribution in [0.5, 0.6) is 17.5 Å². The zero-order valence-electron chi connectivity index (χ0n) is 19.6. The van der Waals surface area contributed by atoms with E-state index in [4.69, 9.17) is 9.47 Å². The van der Waals surface area contributed by atoms with Gasteiger partial charge in [-0.05, 0) is 37.8 Å². The van der Waals surface area contributed by atoms with Crippen LogP contribution in [0.25, 0.3) is 22.6 Å². The molecule has 0 spiro atoms. The maximum atomic E-state index is 10.7. The molecule has 2 aromatic heterocycles. The third-order valence-electron chi connectivity index (χ3n) is 6.78. The lowest BCUT2D eigenvalue weighted by Gasteiger charge is -2.43. The van der Waals surface area contributed by atoms with Crippen LogP contribution in [-0.4, -0.2) is 69.6 Å². The first-order chi connectivity index (χ1) is 16.6. The van der Waals surface area contributed by atoms with E-state index in [2.05, 4.69) is 42.4 Å². The maximum absolute atomic E-state index is 10.7. The molecule has 178 valence electrons. The van der Waals surface area contributed by atoms with Crippen molar-refractivity contribution in [1.82, 2.24) is 30.5 Å². The molecule has 4 heterocycles. The number of benzene rings is 1. The molecule has 10 nitrogen and oxygen atoms in total.